The molecular weight excluding hydrogens is 412 g/mol. The van der Waals surface area contributed by atoms with Crippen molar-refractivity contribution in [1.29, 1.82) is 0 Å². The van der Waals surface area contributed by atoms with Crippen LogP contribution in [0.4, 0.5) is 0 Å². The molecule has 8 nitrogen and oxygen atoms in total. The molecule has 2 N–H and O–H groups in total. The molecule has 0 radical (unpaired) electrons. The van der Waals surface area contributed by atoms with Crippen LogP contribution in [0.2, 0.25) is 0 Å². The van der Waals surface area contributed by atoms with Gasteiger partial charge in [-0.3, -0.25) is 9.59 Å². The summed E-state index contributed by atoms with van der Waals surface area (Å²) in [7, 11) is 6.83. The number of aliphatic hydroxyl groups excluding tert-OH is 1. The summed E-state index contributed by atoms with van der Waals surface area (Å²) in [6.07, 6.45) is 0.645. The van der Waals surface area contributed by atoms with E-state index in [2.05, 4.69) is 0 Å². The highest BCUT2D eigenvalue weighted by Gasteiger charge is 2.45. The number of aromatic hydroxyl groups is 1. The normalized spacial score (nSPS) is 17.8. The van der Waals surface area contributed by atoms with Crippen LogP contribution in [0.1, 0.15) is 23.6 Å². The van der Waals surface area contributed by atoms with Crippen LogP contribution in [0.5, 0.6) is 17.2 Å². The van der Waals surface area contributed by atoms with Gasteiger partial charge in [-0.2, -0.15) is 0 Å². The van der Waals surface area contributed by atoms with Crippen molar-refractivity contribution in [3.8, 4) is 17.2 Å². The Balaban J connectivity index is 2.12. The second kappa shape index (κ2) is 9.74. The quantitative estimate of drug-likeness (QED) is 0.370. The van der Waals surface area contributed by atoms with E-state index in [-0.39, 0.29) is 17.1 Å². The van der Waals surface area contributed by atoms with Gasteiger partial charge in [0.15, 0.2) is 11.5 Å². The Morgan fingerprint density at radius 2 is 1.78 bits per heavy atom. The van der Waals surface area contributed by atoms with Crippen LogP contribution in [0.15, 0.2) is 48.0 Å². The zero-order valence-corrected chi connectivity index (χ0v) is 18.7. The molecule has 2 aromatic rings. The Morgan fingerprint density at radius 3 is 2.41 bits per heavy atom. The maximum absolute atomic E-state index is 13.0. The van der Waals surface area contributed by atoms with E-state index >= 15 is 0 Å². The van der Waals surface area contributed by atoms with E-state index in [1.54, 1.807) is 30.3 Å². The predicted molar refractivity (Wildman–Crippen MR) is 120 cm³/mol. The molecule has 32 heavy (non-hydrogen) atoms. The molecule has 0 aliphatic carbocycles. The van der Waals surface area contributed by atoms with Gasteiger partial charge in [0.05, 0.1) is 25.8 Å². The van der Waals surface area contributed by atoms with Crippen molar-refractivity contribution in [3.05, 3.63) is 59.2 Å². The van der Waals surface area contributed by atoms with Gasteiger partial charge in [-0.25, -0.2) is 0 Å². The Labute approximate surface area is 187 Å². The maximum Gasteiger partial charge on any atom is 0.295 e. The van der Waals surface area contributed by atoms with Crippen molar-refractivity contribution in [2.45, 2.75) is 12.5 Å². The fraction of sp³-hybridized carbons (Fsp3) is 0.333. The lowest BCUT2D eigenvalue weighted by atomic mass is 9.95. The minimum Gasteiger partial charge on any atom is -0.508 e. The highest BCUT2D eigenvalue weighted by Crippen LogP contribution is 2.41. The molecule has 1 aliphatic rings. The topological polar surface area (TPSA) is 99.5 Å². The Hall–Kier alpha value is -3.52. The summed E-state index contributed by atoms with van der Waals surface area (Å²) >= 11 is 0. The molecule has 1 aliphatic heterocycles. The summed E-state index contributed by atoms with van der Waals surface area (Å²) in [5.74, 6) is -0.904. The molecule has 0 saturated carbocycles. The number of hydrogen-bond acceptors (Lipinski definition) is 7. The number of nitrogens with zero attached hydrogens (tertiary/aromatic N) is 2. The molecule has 170 valence electrons. The van der Waals surface area contributed by atoms with Gasteiger partial charge in [-0.15, -0.1) is 0 Å². The number of Topliss-reactive ketones (excluding diaryl/α,β-unsaturated/α-hetero) is 1. The highest BCUT2D eigenvalue weighted by molar-refractivity contribution is 6.46. The fourth-order valence-electron chi connectivity index (χ4n) is 3.85. The van der Waals surface area contributed by atoms with Crippen LogP contribution < -0.4 is 9.47 Å². The molecule has 0 aromatic heterocycles. The summed E-state index contributed by atoms with van der Waals surface area (Å²) < 4.78 is 10.5. The number of methoxy groups -OCH3 is 2. The van der Waals surface area contributed by atoms with Gasteiger partial charge >= 0.3 is 0 Å². The van der Waals surface area contributed by atoms with Crippen molar-refractivity contribution < 1.29 is 29.3 Å². The van der Waals surface area contributed by atoms with Crippen LogP contribution in [0.25, 0.3) is 5.76 Å². The molecular formula is C24H28N2O6. The number of ketones is 1. The number of aliphatic hydroxyl groups is 1. The number of phenols is 1. The first-order valence-corrected chi connectivity index (χ1v) is 10.2. The van der Waals surface area contributed by atoms with Crippen LogP contribution in [0, 0.1) is 0 Å². The molecule has 3 rings (SSSR count). The lowest BCUT2D eigenvalue weighted by Crippen LogP contribution is -2.32. The van der Waals surface area contributed by atoms with Gasteiger partial charge in [0, 0.05) is 12.1 Å². The van der Waals surface area contributed by atoms with E-state index in [1.165, 1.54) is 31.3 Å². The molecule has 8 heteroatoms. The van der Waals surface area contributed by atoms with Crippen molar-refractivity contribution in [2.75, 3.05) is 41.4 Å². The second-order valence-corrected chi connectivity index (χ2v) is 7.81. The molecule has 1 saturated heterocycles. The van der Waals surface area contributed by atoms with Crippen LogP contribution in [0.3, 0.4) is 0 Å². The van der Waals surface area contributed by atoms with Gasteiger partial charge in [0.25, 0.3) is 11.7 Å². The number of phenolic OH excluding ortho intramolecular Hbond substituents is 1. The van der Waals surface area contributed by atoms with Gasteiger partial charge in [-0.05, 0) is 63.0 Å². The minimum absolute atomic E-state index is 0.00694. The number of hydrogen-bond donors (Lipinski definition) is 2. The van der Waals surface area contributed by atoms with Gasteiger partial charge in [0.1, 0.15) is 11.5 Å². The van der Waals surface area contributed by atoms with E-state index in [1.807, 2.05) is 19.0 Å². The maximum atomic E-state index is 13.0. The second-order valence-electron chi connectivity index (χ2n) is 7.81. The first-order chi connectivity index (χ1) is 15.3. The molecule has 1 fully saturated rings. The highest BCUT2D eigenvalue weighted by atomic mass is 16.5. The minimum atomic E-state index is -0.822. The van der Waals surface area contributed by atoms with Crippen LogP contribution >= 0.6 is 0 Å². The largest absolute Gasteiger partial charge is 0.508 e. The van der Waals surface area contributed by atoms with Gasteiger partial charge < -0.3 is 29.5 Å². The average molecular weight is 440 g/mol. The Bertz CT molecular complexity index is 1050. The molecule has 0 unspecified atom stereocenters. The Kier molecular flexibility index (Phi) is 7.05. The third-order valence-corrected chi connectivity index (χ3v) is 5.39. The van der Waals surface area contributed by atoms with E-state index in [0.717, 1.165) is 6.54 Å². The molecule has 1 atom stereocenters. The lowest BCUT2D eigenvalue weighted by molar-refractivity contribution is -0.139. The van der Waals surface area contributed by atoms with Crippen molar-refractivity contribution in [1.82, 2.24) is 9.80 Å². The molecule has 1 heterocycles. The molecule has 0 bridgehead atoms. The van der Waals surface area contributed by atoms with E-state index in [4.69, 9.17) is 9.47 Å². The smallest absolute Gasteiger partial charge is 0.295 e. The van der Waals surface area contributed by atoms with Crippen LogP contribution in [-0.4, -0.2) is 73.1 Å². The molecule has 1 amide bonds. The van der Waals surface area contributed by atoms with E-state index in [0.29, 0.717) is 35.6 Å². The van der Waals surface area contributed by atoms with Gasteiger partial charge in [0.2, 0.25) is 0 Å². The predicted octanol–water partition coefficient (Wildman–Crippen LogP) is 2.78. The van der Waals surface area contributed by atoms with E-state index < -0.39 is 17.7 Å². The standard InChI is InChI=1S/C24H28N2O6/c1-25(2)11-6-12-26-21(15-7-5-8-17(27)13-15)20(23(29)24(26)30)22(28)16-9-10-18(31-3)19(14-16)32-4/h5,7-10,13-14,21,27-28H,6,11-12H2,1-4H3/b22-20+/t21-/m0/s1. The lowest BCUT2D eigenvalue weighted by Gasteiger charge is -2.26. The van der Waals surface area contributed by atoms with E-state index in [9.17, 15) is 19.8 Å². The van der Waals surface area contributed by atoms with Crippen molar-refractivity contribution >= 4 is 17.4 Å². The summed E-state index contributed by atoms with van der Waals surface area (Å²) in [6, 6.07) is 10.3. The first-order valence-electron chi connectivity index (χ1n) is 10.2. The molecule has 0 spiro atoms. The summed E-state index contributed by atoms with van der Waals surface area (Å²) in [5, 5.41) is 21.1. The third-order valence-electron chi connectivity index (χ3n) is 5.39. The number of benzene rings is 2. The number of ether oxygens (including phenoxy) is 2. The number of amides is 1. The SMILES string of the molecule is COc1ccc(/C(O)=C2\C(=O)C(=O)N(CCCN(C)C)[C@H]2c2cccc(O)c2)cc1OC. The number of carbonyl (C=O) groups excluding carboxylic acids is 2. The van der Waals surface area contributed by atoms with Crippen molar-refractivity contribution in [2.24, 2.45) is 0 Å². The fourth-order valence-corrected chi connectivity index (χ4v) is 3.85. The van der Waals surface area contributed by atoms with Crippen molar-refractivity contribution in [3.63, 3.8) is 0 Å². The number of carbonyl (C=O) groups is 2. The zero-order valence-electron chi connectivity index (χ0n) is 18.7. The number of likely N-dealkylation sites (tertiary alicyclic amines) is 1. The first kappa shape index (κ1) is 23.1. The molecule has 2 aromatic carbocycles. The summed E-state index contributed by atoms with van der Waals surface area (Å²) in [4.78, 5) is 29.4. The number of rotatable bonds is 8. The monoisotopic (exact) mass is 440 g/mol. The Morgan fingerprint density at radius 1 is 1.06 bits per heavy atom. The van der Waals surface area contributed by atoms with Gasteiger partial charge in [-0.1, -0.05) is 12.1 Å². The summed E-state index contributed by atoms with van der Waals surface area (Å²) in [5.41, 5.74) is 0.827. The summed E-state index contributed by atoms with van der Waals surface area (Å²) in [6.45, 7) is 1.05. The average Bonchev–Trinajstić information content (AvgIpc) is 3.02. The third kappa shape index (κ3) is 4.55. The van der Waals surface area contributed by atoms with Crippen LogP contribution in [-0.2, 0) is 9.59 Å². The zero-order chi connectivity index (χ0) is 23.4.